The van der Waals surface area contributed by atoms with Crippen molar-refractivity contribution in [3.8, 4) is 17.2 Å². The van der Waals surface area contributed by atoms with E-state index in [-0.39, 0.29) is 24.1 Å². The van der Waals surface area contributed by atoms with Crippen LogP contribution < -0.4 is 14.8 Å². The third kappa shape index (κ3) is 7.75. The van der Waals surface area contributed by atoms with Crippen molar-refractivity contribution >= 4 is 30.1 Å². The van der Waals surface area contributed by atoms with E-state index < -0.39 is 0 Å². The highest BCUT2D eigenvalue weighted by Crippen LogP contribution is 2.26. The number of nitrogens with zero attached hydrogens (tertiary/aromatic N) is 1. The molecular formula is C28H31ClN2O5. The highest BCUT2D eigenvalue weighted by molar-refractivity contribution is 6.02. The maximum absolute atomic E-state index is 12.5. The van der Waals surface area contributed by atoms with Gasteiger partial charge in [-0.25, -0.2) is 0 Å². The molecule has 1 aliphatic heterocycles. The fourth-order valence-corrected chi connectivity index (χ4v) is 3.79. The van der Waals surface area contributed by atoms with E-state index in [2.05, 4.69) is 22.3 Å². The molecule has 7 nitrogen and oxygen atoms in total. The quantitative estimate of drug-likeness (QED) is 0.399. The van der Waals surface area contributed by atoms with Crippen molar-refractivity contribution in [3.63, 3.8) is 0 Å². The summed E-state index contributed by atoms with van der Waals surface area (Å²) in [5, 5.41) is 12.8. The van der Waals surface area contributed by atoms with E-state index in [1.165, 1.54) is 24.8 Å². The van der Waals surface area contributed by atoms with Gasteiger partial charge in [0.15, 0.2) is 11.5 Å². The number of methoxy groups -OCH3 is 1. The lowest BCUT2D eigenvalue weighted by molar-refractivity contribution is -0.111. The van der Waals surface area contributed by atoms with Crippen LogP contribution in [-0.4, -0.2) is 49.3 Å². The van der Waals surface area contributed by atoms with E-state index in [4.69, 9.17) is 14.2 Å². The first-order valence-corrected chi connectivity index (χ1v) is 11.6. The number of halogens is 1. The minimum Gasteiger partial charge on any atom is -0.504 e. The number of anilines is 1. The SMILES string of the molecule is COc1ccc(C=CC(=O)Nc2ccccc2COc2ccc(CN3CCOCC3)cc2)cc1O.Cl. The van der Waals surface area contributed by atoms with Gasteiger partial charge in [0.2, 0.25) is 5.91 Å². The third-order valence-electron chi connectivity index (χ3n) is 5.73. The van der Waals surface area contributed by atoms with E-state index in [9.17, 15) is 9.90 Å². The number of amides is 1. The van der Waals surface area contributed by atoms with E-state index in [1.807, 2.05) is 36.4 Å². The molecule has 2 N–H and O–H groups in total. The Hall–Kier alpha value is -3.52. The topological polar surface area (TPSA) is 80.3 Å². The Morgan fingerprint density at radius 2 is 1.83 bits per heavy atom. The molecule has 1 fully saturated rings. The second-order valence-corrected chi connectivity index (χ2v) is 8.23. The Labute approximate surface area is 217 Å². The number of aromatic hydroxyl groups is 1. The zero-order valence-electron chi connectivity index (χ0n) is 20.2. The fourth-order valence-electron chi connectivity index (χ4n) is 3.79. The number of phenolic OH excluding ortho intramolecular Hbond substituents is 1. The highest BCUT2D eigenvalue weighted by Gasteiger charge is 2.11. The summed E-state index contributed by atoms with van der Waals surface area (Å²) >= 11 is 0. The minimum atomic E-state index is -0.278. The van der Waals surface area contributed by atoms with Gasteiger partial charge >= 0.3 is 0 Å². The zero-order valence-corrected chi connectivity index (χ0v) is 21.0. The molecule has 1 heterocycles. The Bertz CT molecular complexity index is 1160. The van der Waals surface area contributed by atoms with Crippen molar-refractivity contribution in [1.29, 1.82) is 0 Å². The second-order valence-electron chi connectivity index (χ2n) is 8.23. The van der Waals surface area contributed by atoms with Crippen molar-refractivity contribution in [2.24, 2.45) is 0 Å². The smallest absolute Gasteiger partial charge is 0.248 e. The van der Waals surface area contributed by atoms with Crippen LogP contribution in [0.4, 0.5) is 5.69 Å². The van der Waals surface area contributed by atoms with Crippen molar-refractivity contribution in [3.05, 3.63) is 89.5 Å². The number of carbonyl (C=O) groups is 1. The normalized spacial score (nSPS) is 13.7. The second kappa shape index (κ2) is 13.5. The van der Waals surface area contributed by atoms with Crippen LogP contribution in [0.25, 0.3) is 6.08 Å². The molecule has 1 saturated heterocycles. The zero-order chi connectivity index (χ0) is 24.5. The van der Waals surface area contributed by atoms with Crippen LogP contribution >= 0.6 is 12.4 Å². The average molecular weight is 511 g/mol. The van der Waals surface area contributed by atoms with Gasteiger partial charge in [-0.05, 0) is 47.5 Å². The number of benzene rings is 3. The summed E-state index contributed by atoms with van der Waals surface area (Å²) < 4.78 is 16.4. The van der Waals surface area contributed by atoms with Gasteiger partial charge in [0.05, 0.1) is 20.3 Å². The number of phenols is 1. The monoisotopic (exact) mass is 510 g/mol. The first-order valence-electron chi connectivity index (χ1n) is 11.6. The summed E-state index contributed by atoms with van der Waals surface area (Å²) in [7, 11) is 1.49. The van der Waals surface area contributed by atoms with E-state index in [0.717, 1.165) is 44.2 Å². The van der Waals surface area contributed by atoms with Gasteiger partial charge in [0, 0.05) is 37.0 Å². The third-order valence-corrected chi connectivity index (χ3v) is 5.73. The van der Waals surface area contributed by atoms with Crippen LogP contribution in [-0.2, 0) is 22.7 Å². The summed E-state index contributed by atoms with van der Waals surface area (Å²) in [4.78, 5) is 14.9. The molecule has 0 aliphatic carbocycles. The van der Waals surface area contributed by atoms with Gasteiger partial charge in [0.1, 0.15) is 12.4 Å². The van der Waals surface area contributed by atoms with Crippen LogP contribution in [0, 0.1) is 0 Å². The first kappa shape index (κ1) is 27.1. The van der Waals surface area contributed by atoms with Crippen LogP contribution in [0.1, 0.15) is 16.7 Å². The van der Waals surface area contributed by atoms with Crippen molar-refractivity contribution in [2.45, 2.75) is 13.2 Å². The maximum atomic E-state index is 12.5. The summed E-state index contributed by atoms with van der Waals surface area (Å²) in [5.41, 5.74) is 3.48. The molecule has 0 bridgehead atoms. The van der Waals surface area contributed by atoms with Gasteiger partial charge in [-0.3, -0.25) is 9.69 Å². The average Bonchev–Trinajstić information content (AvgIpc) is 2.88. The van der Waals surface area contributed by atoms with Gasteiger partial charge in [0.25, 0.3) is 0 Å². The number of ether oxygens (including phenoxy) is 3. The Balaban J connectivity index is 0.00000361. The number of hydrogen-bond acceptors (Lipinski definition) is 6. The number of nitrogens with one attached hydrogen (secondary N) is 1. The lowest BCUT2D eigenvalue weighted by Gasteiger charge is -2.26. The maximum Gasteiger partial charge on any atom is 0.248 e. The molecule has 0 saturated carbocycles. The number of morpholine rings is 1. The number of para-hydroxylation sites is 1. The van der Waals surface area contributed by atoms with E-state index >= 15 is 0 Å². The van der Waals surface area contributed by atoms with Gasteiger partial charge in [-0.1, -0.05) is 36.4 Å². The lowest BCUT2D eigenvalue weighted by Crippen LogP contribution is -2.35. The van der Waals surface area contributed by atoms with Crippen LogP contribution in [0.2, 0.25) is 0 Å². The van der Waals surface area contributed by atoms with Crippen molar-refractivity contribution < 1.29 is 24.1 Å². The van der Waals surface area contributed by atoms with Gasteiger partial charge < -0.3 is 24.6 Å². The van der Waals surface area contributed by atoms with Gasteiger partial charge in [-0.15, -0.1) is 12.4 Å². The van der Waals surface area contributed by atoms with Crippen LogP contribution in [0.3, 0.4) is 0 Å². The van der Waals surface area contributed by atoms with Crippen molar-refractivity contribution in [2.75, 3.05) is 38.7 Å². The summed E-state index contributed by atoms with van der Waals surface area (Å²) in [6.45, 7) is 4.73. The van der Waals surface area contributed by atoms with Crippen LogP contribution in [0.15, 0.2) is 72.8 Å². The summed E-state index contributed by atoms with van der Waals surface area (Å²) in [5.74, 6) is 0.898. The molecule has 0 aromatic heterocycles. The largest absolute Gasteiger partial charge is 0.504 e. The molecule has 0 radical (unpaired) electrons. The standard InChI is InChI=1S/C28H30N2O5.ClH/c1-33-27-12-8-21(18-26(27)31)9-13-28(32)29-25-5-3-2-4-23(25)20-35-24-10-6-22(7-11-24)19-30-14-16-34-17-15-30;/h2-13,18,31H,14-17,19-20H2,1H3,(H,29,32);1H. The van der Waals surface area contributed by atoms with E-state index in [0.29, 0.717) is 23.6 Å². The molecule has 0 atom stereocenters. The molecular weight excluding hydrogens is 480 g/mol. The first-order chi connectivity index (χ1) is 17.1. The Morgan fingerprint density at radius 1 is 1.08 bits per heavy atom. The molecule has 1 aliphatic rings. The molecule has 3 aromatic carbocycles. The van der Waals surface area contributed by atoms with E-state index in [1.54, 1.807) is 18.2 Å². The molecule has 8 heteroatoms. The Kier molecular flexibility index (Phi) is 10.2. The number of hydrogen-bond donors (Lipinski definition) is 2. The summed E-state index contributed by atoms with van der Waals surface area (Å²) in [6, 6.07) is 20.6. The molecule has 0 spiro atoms. The van der Waals surface area contributed by atoms with Crippen LogP contribution in [0.5, 0.6) is 17.2 Å². The number of carbonyl (C=O) groups excluding carboxylic acids is 1. The molecule has 1 amide bonds. The molecule has 3 aromatic rings. The molecule has 4 rings (SSSR count). The molecule has 190 valence electrons. The van der Waals surface area contributed by atoms with Crippen molar-refractivity contribution in [1.82, 2.24) is 4.90 Å². The lowest BCUT2D eigenvalue weighted by atomic mass is 10.1. The van der Waals surface area contributed by atoms with Gasteiger partial charge in [-0.2, -0.15) is 0 Å². The predicted octanol–water partition coefficient (Wildman–Crippen LogP) is 4.89. The highest BCUT2D eigenvalue weighted by atomic mass is 35.5. The fraction of sp³-hybridized carbons (Fsp3) is 0.250. The number of rotatable bonds is 9. The molecule has 36 heavy (non-hydrogen) atoms. The Morgan fingerprint density at radius 3 is 2.56 bits per heavy atom. The summed E-state index contributed by atoms with van der Waals surface area (Å²) in [6.07, 6.45) is 3.05. The molecule has 0 unspecified atom stereocenters. The minimum absolute atomic E-state index is 0. The predicted molar refractivity (Wildman–Crippen MR) is 143 cm³/mol.